The van der Waals surface area contributed by atoms with Gasteiger partial charge in [-0.2, -0.15) is 4.57 Å². The van der Waals surface area contributed by atoms with Crippen molar-refractivity contribution in [2.24, 2.45) is 4.99 Å². The Hall–Kier alpha value is -3.97. The molecule has 42 heavy (non-hydrogen) atoms. The number of anilines is 2. The van der Waals surface area contributed by atoms with Crippen molar-refractivity contribution < 1.29 is 4.57 Å². The molecule has 0 saturated heterocycles. The highest BCUT2D eigenvalue weighted by Crippen LogP contribution is 2.50. The zero-order valence-electron chi connectivity index (χ0n) is 24.4. The van der Waals surface area contributed by atoms with Gasteiger partial charge in [0.25, 0.3) is 5.82 Å². The summed E-state index contributed by atoms with van der Waals surface area (Å²) in [6.45, 7) is 8.01. The number of rotatable bonds is 9. The molecule has 6 nitrogen and oxygen atoms in total. The first-order chi connectivity index (χ1) is 20.8. The normalized spacial score (nSPS) is 16.5. The molecule has 3 aromatic carbocycles. The van der Waals surface area contributed by atoms with E-state index in [1.54, 1.807) is 0 Å². The number of fused-ring (bicyclic) bond motifs is 1. The van der Waals surface area contributed by atoms with Gasteiger partial charge in [0.05, 0.1) is 30.4 Å². The smallest absolute Gasteiger partial charge is 0.282 e. The predicted molar refractivity (Wildman–Crippen MR) is 177 cm³/mol. The van der Waals surface area contributed by atoms with Crippen LogP contribution in [0.25, 0.3) is 22.7 Å². The number of pyridine rings is 1. The molecule has 0 fully saturated rings. The molecule has 0 bridgehead atoms. The van der Waals surface area contributed by atoms with Gasteiger partial charge >= 0.3 is 0 Å². The van der Waals surface area contributed by atoms with Crippen molar-refractivity contribution in [1.82, 2.24) is 10.6 Å². The highest BCUT2D eigenvalue weighted by Gasteiger charge is 2.31. The average Bonchev–Trinajstić information content (AvgIpc) is 3.68. The maximum Gasteiger partial charge on any atom is 0.282 e. The maximum absolute atomic E-state index is 4.50. The lowest BCUT2D eigenvalue weighted by molar-refractivity contribution is -0.553. The molecule has 4 heterocycles. The van der Waals surface area contributed by atoms with Crippen LogP contribution in [-0.2, 0) is 6.42 Å². The number of hydrogen-bond acceptors (Lipinski definition) is 6. The molecule has 7 heteroatoms. The van der Waals surface area contributed by atoms with E-state index in [9.17, 15) is 0 Å². The fraction of sp³-hybridized carbons (Fsp3) is 0.314. The van der Waals surface area contributed by atoms with Gasteiger partial charge in [-0.25, -0.2) is 0 Å². The number of aromatic nitrogens is 1. The van der Waals surface area contributed by atoms with Gasteiger partial charge in [-0.05, 0) is 60.7 Å². The molecule has 0 aliphatic carbocycles. The number of nitrogens with zero attached hydrogens (tertiary/aromatic N) is 4. The largest absolute Gasteiger partial charge is 0.356 e. The summed E-state index contributed by atoms with van der Waals surface area (Å²) in [4.78, 5) is 11.0. The maximum atomic E-state index is 4.50. The van der Waals surface area contributed by atoms with Crippen molar-refractivity contribution in [2.75, 3.05) is 49.1 Å². The van der Waals surface area contributed by atoms with Crippen molar-refractivity contribution >= 4 is 46.2 Å². The van der Waals surface area contributed by atoms with Gasteiger partial charge in [-0.15, -0.1) is 0 Å². The van der Waals surface area contributed by atoms with Crippen LogP contribution in [0.15, 0.2) is 93.8 Å². The van der Waals surface area contributed by atoms with Crippen molar-refractivity contribution in [3.05, 3.63) is 95.0 Å². The second-order valence-corrected chi connectivity index (χ2v) is 12.2. The Morgan fingerprint density at radius 2 is 1.93 bits per heavy atom. The molecule has 3 aliphatic rings. The Kier molecular flexibility index (Phi) is 7.75. The summed E-state index contributed by atoms with van der Waals surface area (Å²) >= 11 is 1.92. The van der Waals surface area contributed by atoms with Crippen LogP contribution in [0.4, 0.5) is 11.5 Å². The van der Waals surface area contributed by atoms with Crippen LogP contribution in [0.1, 0.15) is 37.3 Å². The third-order valence-corrected chi connectivity index (χ3v) is 9.41. The molecule has 7 rings (SSSR count). The number of para-hydroxylation sites is 3. The van der Waals surface area contributed by atoms with Crippen LogP contribution >= 0.6 is 11.8 Å². The lowest BCUT2D eigenvalue weighted by Crippen LogP contribution is -2.43. The third kappa shape index (κ3) is 5.22. The number of benzene rings is 3. The Labute approximate surface area is 253 Å². The predicted octanol–water partition coefficient (Wildman–Crippen LogP) is 6.13. The highest BCUT2D eigenvalue weighted by atomic mass is 32.2. The number of nitrogens with one attached hydrogen (secondary N) is 2. The summed E-state index contributed by atoms with van der Waals surface area (Å²) in [7, 11) is 0. The van der Waals surface area contributed by atoms with E-state index in [1.807, 2.05) is 11.8 Å². The second-order valence-electron chi connectivity index (χ2n) is 11.2. The Morgan fingerprint density at radius 1 is 1.05 bits per heavy atom. The van der Waals surface area contributed by atoms with Crippen LogP contribution in [0.3, 0.4) is 0 Å². The molecule has 0 spiro atoms. The minimum Gasteiger partial charge on any atom is -0.356 e. The van der Waals surface area contributed by atoms with E-state index in [0.717, 1.165) is 58.1 Å². The molecule has 4 aromatic rings. The van der Waals surface area contributed by atoms with E-state index in [-0.39, 0.29) is 0 Å². The molecule has 0 amide bonds. The van der Waals surface area contributed by atoms with Gasteiger partial charge in [0.2, 0.25) is 0 Å². The summed E-state index contributed by atoms with van der Waals surface area (Å²) in [5.74, 6) is 2.18. The van der Waals surface area contributed by atoms with Crippen LogP contribution in [0, 0.1) is 0 Å². The van der Waals surface area contributed by atoms with E-state index in [4.69, 9.17) is 0 Å². The van der Waals surface area contributed by atoms with Crippen molar-refractivity contribution in [2.45, 2.75) is 37.5 Å². The van der Waals surface area contributed by atoms with Gasteiger partial charge < -0.3 is 15.5 Å². The van der Waals surface area contributed by atoms with Gasteiger partial charge in [0.1, 0.15) is 11.2 Å². The van der Waals surface area contributed by atoms with E-state index in [0.29, 0.717) is 0 Å². The van der Waals surface area contributed by atoms with Crippen LogP contribution in [-0.4, -0.2) is 45.2 Å². The van der Waals surface area contributed by atoms with Crippen LogP contribution in [0.2, 0.25) is 0 Å². The van der Waals surface area contributed by atoms with Crippen molar-refractivity contribution in [3.63, 3.8) is 0 Å². The van der Waals surface area contributed by atoms with E-state index >= 15 is 0 Å². The van der Waals surface area contributed by atoms with Gasteiger partial charge in [-0.3, -0.25) is 9.89 Å². The Balaban J connectivity index is 1.32. The van der Waals surface area contributed by atoms with Crippen LogP contribution < -0.4 is 25.0 Å². The number of thioether (sulfide) groups is 1. The topological polar surface area (TPSA) is 46.8 Å². The van der Waals surface area contributed by atoms with Crippen LogP contribution in [0.5, 0.6) is 0 Å². The highest BCUT2D eigenvalue weighted by molar-refractivity contribution is 8.03. The number of guanidine groups is 1. The molecular formula is C35H39N6S+. The fourth-order valence-corrected chi connectivity index (χ4v) is 7.64. The first kappa shape index (κ1) is 26.9. The first-order valence-electron chi connectivity index (χ1n) is 15.4. The quantitative estimate of drug-likeness (QED) is 0.186. The fourth-order valence-electron chi connectivity index (χ4n) is 6.45. The van der Waals surface area contributed by atoms with E-state index in [1.165, 1.54) is 62.0 Å². The van der Waals surface area contributed by atoms with Crippen molar-refractivity contribution in [1.29, 1.82) is 0 Å². The molecule has 0 atom stereocenters. The molecule has 0 radical (unpaired) electrons. The minimum absolute atomic E-state index is 0.860. The summed E-state index contributed by atoms with van der Waals surface area (Å²) in [5.41, 5.74) is 6.61. The summed E-state index contributed by atoms with van der Waals surface area (Å²) in [6, 6.07) is 29.0. The Bertz CT molecular complexity index is 1650. The SMILES string of the molecule is CCCN(CCCNC1=NCCN1)c1cc(C=C2Sc3cccc4c3N2CCC4)c2ccccc2[n+]1-c1ccccc1. The third-order valence-electron chi connectivity index (χ3n) is 8.31. The summed E-state index contributed by atoms with van der Waals surface area (Å²) in [5, 5.41) is 9.42. The molecule has 0 unspecified atom stereocenters. The van der Waals surface area contributed by atoms with Gasteiger partial charge in [-0.1, -0.05) is 67.2 Å². The molecule has 214 valence electrons. The van der Waals surface area contributed by atoms with Crippen molar-refractivity contribution in [3.8, 4) is 5.69 Å². The number of hydrogen-bond donors (Lipinski definition) is 2. The molecular weight excluding hydrogens is 536 g/mol. The molecule has 3 aliphatic heterocycles. The van der Waals surface area contributed by atoms with Gasteiger partial charge in [0, 0.05) is 42.4 Å². The summed E-state index contributed by atoms with van der Waals surface area (Å²) < 4.78 is 2.46. The number of aryl methyl sites for hydroxylation is 1. The molecule has 0 saturated carbocycles. The van der Waals surface area contributed by atoms with Gasteiger partial charge in [0.15, 0.2) is 5.96 Å². The minimum atomic E-state index is 0.860. The zero-order valence-corrected chi connectivity index (χ0v) is 25.2. The number of aliphatic imine (C=N–C) groups is 1. The van der Waals surface area contributed by atoms with E-state index < -0.39 is 0 Å². The lowest BCUT2D eigenvalue weighted by atomic mass is 10.0. The first-order valence-corrected chi connectivity index (χ1v) is 16.2. The second kappa shape index (κ2) is 12.1. The lowest BCUT2D eigenvalue weighted by Gasteiger charge is -2.27. The summed E-state index contributed by atoms with van der Waals surface area (Å²) in [6.07, 6.45) is 6.93. The van der Waals surface area contributed by atoms with E-state index in [2.05, 4.69) is 122 Å². The zero-order chi connectivity index (χ0) is 28.3. The monoisotopic (exact) mass is 575 g/mol. The molecule has 1 aromatic heterocycles. The average molecular weight is 576 g/mol. The standard InChI is InChI=1S/C35H39N6S/c1-2-21-39(22-10-18-36-35-37-19-20-38-35)32-24-27(25-33-40-23-9-12-26-11-8-17-31(42-33)34(26)40)29-15-6-7-16-30(29)41(32)28-13-4-3-5-14-28/h3-8,11,13-17,24-25H,2,9-10,12,18-23H2,1H3,(H2,36,37,38)/q+1. The molecule has 2 N–H and O–H groups in total. The Morgan fingerprint density at radius 3 is 2.79 bits per heavy atom.